The Morgan fingerprint density at radius 3 is 2.73 bits per heavy atom. The zero-order chi connectivity index (χ0) is 11.3. The summed E-state index contributed by atoms with van der Waals surface area (Å²) in [5, 5.41) is 21.5. The zero-order valence-electron chi connectivity index (χ0n) is 9.33. The molecule has 0 saturated heterocycles. The number of aliphatic hydroxyl groups excluding tert-OH is 1. The minimum Gasteiger partial charge on any atom is -0.393 e. The third kappa shape index (κ3) is 4.42. The Bertz CT molecular complexity index is 310. The summed E-state index contributed by atoms with van der Waals surface area (Å²) in [6.45, 7) is 4.52. The maximum absolute atomic E-state index is 9.54. The average molecular weight is 209 g/mol. The quantitative estimate of drug-likeness (QED) is 0.673. The van der Waals surface area contributed by atoms with Crippen LogP contribution in [0, 0.1) is 6.92 Å². The molecule has 0 bridgehead atoms. The minimum atomic E-state index is -1.04. The highest BCUT2D eigenvalue weighted by atomic mass is 16.3. The van der Waals surface area contributed by atoms with Crippen LogP contribution in [0.5, 0.6) is 0 Å². The van der Waals surface area contributed by atoms with E-state index in [0.717, 1.165) is 0 Å². The SMILES string of the molecule is Cc1cccc(CNCC(C)(O)CO)c1. The van der Waals surface area contributed by atoms with Crippen LogP contribution in [0.2, 0.25) is 0 Å². The first-order valence-corrected chi connectivity index (χ1v) is 5.13. The molecule has 0 radical (unpaired) electrons. The van der Waals surface area contributed by atoms with Gasteiger partial charge in [0.25, 0.3) is 0 Å². The van der Waals surface area contributed by atoms with Gasteiger partial charge in [0.2, 0.25) is 0 Å². The topological polar surface area (TPSA) is 52.5 Å². The van der Waals surface area contributed by atoms with Gasteiger partial charge in [-0.1, -0.05) is 29.8 Å². The lowest BCUT2D eigenvalue weighted by molar-refractivity contribution is 0.00254. The Balaban J connectivity index is 2.38. The first kappa shape index (κ1) is 12.2. The molecule has 0 saturated carbocycles. The molecule has 1 unspecified atom stereocenters. The number of hydrogen-bond donors (Lipinski definition) is 3. The summed E-state index contributed by atoms with van der Waals surface area (Å²) in [5.74, 6) is 0. The second-order valence-electron chi connectivity index (χ2n) is 4.25. The van der Waals surface area contributed by atoms with Gasteiger partial charge >= 0.3 is 0 Å². The highest BCUT2D eigenvalue weighted by Gasteiger charge is 2.17. The smallest absolute Gasteiger partial charge is 0.0972 e. The monoisotopic (exact) mass is 209 g/mol. The van der Waals surface area contributed by atoms with E-state index in [1.165, 1.54) is 11.1 Å². The normalized spacial score (nSPS) is 14.9. The molecule has 3 heteroatoms. The van der Waals surface area contributed by atoms with Crippen LogP contribution in [0.15, 0.2) is 24.3 Å². The van der Waals surface area contributed by atoms with E-state index in [1.54, 1.807) is 6.92 Å². The second kappa shape index (κ2) is 5.26. The van der Waals surface area contributed by atoms with Crippen molar-refractivity contribution in [1.82, 2.24) is 5.32 Å². The van der Waals surface area contributed by atoms with Crippen LogP contribution in [-0.2, 0) is 6.54 Å². The molecular formula is C12H19NO2. The molecular weight excluding hydrogens is 190 g/mol. The highest BCUT2D eigenvalue weighted by Crippen LogP contribution is 2.04. The summed E-state index contributed by atoms with van der Waals surface area (Å²) in [6, 6.07) is 8.19. The number of aliphatic hydroxyl groups is 2. The van der Waals surface area contributed by atoms with E-state index in [9.17, 15) is 5.11 Å². The molecule has 3 nitrogen and oxygen atoms in total. The summed E-state index contributed by atoms with van der Waals surface area (Å²) < 4.78 is 0. The van der Waals surface area contributed by atoms with Crippen LogP contribution in [0.3, 0.4) is 0 Å². The van der Waals surface area contributed by atoms with Crippen LogP contribution >= 0.6 is 0 Å². The number of benzene rings is 1. The van der Waals surface area contributed by atoms with E-state index in [4.69, 9.17) is 5.11 Å². The number of nitrogens with one attached hydrogen (secondary N) is 1. The molecule has 0 aliphatic carbocycles. The first-order chi connectivity index (χ1) is 7.03. The predicted molar refractivity (Wildman–Crippen MR) is 60.6 cm³/mol. The molecule has 84 valence electrons. The van der Waals surface area contributed by atoms with Gasteiger partial charge in [-0.3, -0.25) is 0 Å². The van der Waals surface area contributed by atoms with Crippen molar-refractivity contribution in [1.29, 1.82) is 0 Å². The van der Waals surface area contributed by atoms with Crippen molar-refractivity contribution in [3.63, 3.8) is 0 Å². The van der Waals surface area contributed by atoms with Crippen molar-refractivity contribution in [2.75, 3.05) is 13.2 Å². The van der Waals surface area contributed by atoms with Crippen molar-refractivity contribution >= 4 is 0 Å². The Morgan fingerprint density at radius 2 is 2.13 bits per heavy atom. The van der Waals surface area contributed by atoms with E-state index in [0.29, 0.717) is 13.1 Å². The highest BCUT2D eigenvalue weighted by molar-refractivity contribution is 5.21. The standard InChI is InChI=1S/C12H19NO2/c1-10-4-3-5-11(6-10)7-13-8-12(2,15)9-14/h3-6,13-15H,7-9H2,1-2H3. The largest absolute Gasteiger partial charge is 0.393 e. The molecule has 0 aliphatic heterocycles. The number of hydrogen-bond acceptors (Lipinski definition) is 3. The zero-order valence-corrected chi connectivity index (χ0v) is 9.33. The summed E-state index contributed by atoms with van der Waals surface area (Å²) in [6.07, 6.45) is 0. The summed E-state index contributed by atoms with van der Waals surface area (Å²) in [4.78, 5) is 0. The van der Waals surface area contributed by atoms with E-state index < -0.39 is 5.60 Å². The Kier molecular flexibility index (Phi) is 4.27. The Hall–Kier alpha value is -0.900. The van der Waals surface area contributed by atoms with Crippen LogP contribution in [-0.4, -0.2) is 29.0 Å². The fraction of sp³-hybridized carbons (Fsp3) is 0.500. The van der Waals surface area contributed by atoms with Gasteiger partial charge < -0.3 is 15.5 Å². The van der Waals surface area contributed by atoms with E-state index in [2.05, 4.69) is 11.4 Å². The van der Waals surface area contributed by atoms with Gasteiger partial charge in [-0.15, -0.1) is 0 Å². The molecule has 0 aliphatic rings. The van der Waals surface area contributed by atoms with Gasteiger partial charge in [0, 0.05) is 13.1 Å². The van der Waals surface area contributed by atoms with Crippen LogP contribution in [0.1, 0.15) is 18.1 Å². The third-order valence-electron chi connectivity index (χ3n) is 2.26. The minimum absolute atomic E-state index is 0.228. The van der Waals surface area contributed by atoms with Gasteiger partial charge in [0.05, 0.1) is 12.2 Å². The van der Waals surface area contributed by atoms with Crippen molar-refractivity contribution in [3.8, 4) is 0 Å². The molecule has 0 heterocycles. The maximum Gasteiger partial charge on any atom is 0.0972 e. The molecule has 1 aromatic carbocycles. The summed E-state index contributed by atoms with van der Waals surface area (Å²) in [5.41, 5.74) is 1.37. The van der Waals surface area contributed by atoms with Crippen LogP contribution in [0.4, 0.5) is 0 Å². The van der Waals surface area contributed by atoms with Crippen molar-refractivity contribution in [2.24, 2.45) is 0 Å². The average Bonchev–Trinajstić information content (AvgIpc) is 2.18. The van der Waals surface area contributed by atoms with Crippen molar-refractivity contribution in [3.05, 3.63) is 35.4 Å². The molecule has 15 heavy (non-hydrogen) atoms. The van der Waals surface area contributed by atoms with Crippen LogP contribution in [0.25, 0.3) is 0 Å². The lowest BCUT2D eigenvalue weighted by Crippen LogP contribution is -2.40. The Morgan fingerprint density at radius 1 is 1.40 bits per heavy atom. The van der Waals surface area contributed by atoms with Crippen molar-refractivity contribution in [2.45, 2.75) is 26.0 Å². The molecule has 1 aromatic rings. The molecule has 1 atom stereocenters. The molecule has 3 N–H and O–H groups in total. The molecule has 0 aromatic heterocycles. The fourth-order valence-electron chi connectivity index (χ4n) is 1.35. The van der Waals surface area contributed by atoms with E-state index in [1.807, 2.05) is 25.1 Å². The fourth-order valence-corrected chi connectivity index (χ4v) is 1.35. The number of rotatable bonds is 5. The van der Waals surface area contributed by atoms with Crippen LogP contribution < -0.4 is 5.32 Å². The summed E-state index contributed by atoms with van der Waals surface area (Å²) >= 11 is 0. The maximum atomic E-state index is 9.54. The molecule has 0 fully saturated rings. The van der Waals surface area contributed by atoms with Crippen molar-refractivity contribution < 1.29 is 10.2 Å². The van der Waals surface area contributed by atoms with E-state index in [-0.39, 0.29) is 6.61 Å². The molecule has 0 spiro atoms. The van der Waals surface area contributed by atoms with Gasteiger partial charge in [0.15, 0.2) is 0 Å². The summed E-state index contributed by atoms with van der Waals surface area (Å²) in [7, 11) is 0. The first-order valence-electron chi connectivity index (χ1n) is 5.13. The van der Waals surface area contributed by atoms with Gasteiger partial charge in [-0.2, -0.15) is 0 Å². The predicted octanol–water partition coefficient (Wildman–Crippen LogP) is 0.828. The second-order valence-corrected chi connectivity index (χ2v) is 4.25. The lowest BCUT2D eigenvalue weighted by Gasteiger charge is -2.20. The van der Waals surface area contributed by atoms with Gasteiger partial charge in [-0.05, 0) is 19.4 Å². The van der Waals surface area contributed by atoms with Gasteiger partial charge in [0.1, 0.15) is 0 Å². The van der Waals surface area contributed by atoms with Gasteiger partial charge in [-0.25, -0.2) is 0 Å². The van der Waals surface area contributed by atoms with E-state index >= 15 is 0 Å². The molecule has 1 rings (SSSR count). The third-order valence-corrected chi connectivity index (χ3v) is 2.26. The Labute approximate surface area is 90.8 Å². The molecule has 0 amide bonds. The number of aryl methyl sites for hydroxylation is 1. The lowest BCUT2D eigenvalue weighted by atomic mass is 10.1.